The summed E-state index contributed by atoms with van der Waals surface area (Å²) in [5.41, 5.74) is 0. The first-order valence-corrected chi connectivity index (χ1v) is 8.71. The number of aliphatic hydroxyl groups excluding tert-OH is 1. The fourth-order valence-corrected chi connectivity index (χ4v) is 2.84. The lowest BCUT2D eigenvalue weighted by Crippen LogP contribution is -2.41. The van der Waals surface area contributed by atoms with Gasteiger partial charge in [0, 0.05) is 19.0 Å². The Balaban J connectivity index is 1.84. The van der Waals surface area contributed by atoms with Crippen molar-refractivity contribution in [1.29, 1.82) is 0 Å². The predicted molar refractivity (Wildman–Crippen MR) is 93.8 cm³/mol. The highest BCUT2D eigenvalue weighted by Gasteiger charge is 2.25. The van der Waals surface area contributed by atoms with Crippen molar-refractivity contribution in [2.75, 3.05) is 19.6 Å². The first kappa shape index (κ1) is 18.5. The monoisotopic (exact) mass is 337 g/mol. The van der Waals surface area contributed by atoms with Crippen LogP contribution in [0.5, 0.6) is 5.75 Å². The number of aliphatic imine (C=N–C) groups is 1. The maximum absolute atomic E-state index is 13.6. The molecule has 3 unspecified atom stereocenters. The van der Waals surface area contributed by atoms with Gasteiger partial charge in [-0.1, -0.05) is 18.6 Å². The lowest BCUT2D eigenvalue weighted by molar-refractivity contribution is 0.134. The minimum Gasteiger partial charge on any atom is -0.486 e. The summed E-state index contributed by atoms with van der Waals surface area (Å²) in [6.07, 6.45) is 2.54. The maximum Gasteiger partial charge on any atom is 0.191 e. The second-order valence-corrected chi connectivity index (χ2v) is 6.22. The van der Waals surface area contributed by atoms with Crippen LogP contribution in [-0.2, 0) is 0 Å². The van der Waals surface area contributed by atoms with Crippen molar-refractivity contribution in [3.63, 3.8) is 0 Å². The van der Waals surface area contributed by atoms with Gasteiger partial charge in [-0.2, -0.15) is 0 Å². The molecule has 0 spiro atoms. The van der Waals surface area contributed by atoms with Crippen LogP contribution in [0.15, 0.2) is 29.3 Å². The van der Waals surface area contributed by atoms with Crippen molar-refractivity contribution >= 4 is 5.96 Å². The lowest BCUT2D eigenvalue weighted by Gasteiger charge is -2.18. The first-order chi connectivity index (χ1) is 11.6. The number of nitrogens with one attached hydrogen (secondary N) is 2. The molecule has 134 valence electrons. The number of halogens is 1. The average molecular weight is 337 g/mol. The largest absolute Gasteiger partial charge is 0.486 e. The van der Waals surface area contributed by atoms with Crippen LogP contribution in [0.2, 0.25) is 0 Å². The molecule has 1 aliphatic carbocycles. The van der Waals surface area contributed by atoms with Gasteiger partial charge in [0.15, 0.2) is 17.5 Å². The summed E-state index contributed by atoms with van der Waals surface area (Å²) < 4.78 is 19.2. The molecule has 1 saturated carbocycles. The number of hydrogen-bond acceptors (Lipinski definition) is 3. The van der Waals surface area contributed by atoms with Gasteiger partial charge in [0.25, 0.3) is 0 Å². The molecule has 2 rings (SSSR count). The third kappa shape index (κ3) is 5.67. The van der Waals surface area contributed by atoms with Crippen LogP contribution >= 0.6 is 0 Å². The van der Waals surface area contributed by atoms with E-state index >= 15 is 0 Å². The molecule has 5 nitrogen and oxygen atoms in total. The van der Waals surface area contributed by atoms with E-state index in [1.54, 1.807) is 18.2 Å². The number of hydrogen-bond donors (Lipinski definition) is 3. The smallest absolute Gasteiger partial charge is 0.191 e. The van der Waals surface area contributed by atoms with E-state index in [4.69, 9.17) is 4.74 Å². The Labute approximate surface area is 143 Å². The van der Waals surface area contributed by atoms with Gasteiger partial charge in [0.1, 0.15) is 6.10 Å². The van der Waals surface area contributed by atoms with Gasteiger partial charge in [-0.15, -0.1) is 0 Å². The van der Waals surface area contributed by atoms with Crippen molar-refractivity contribution in [2.45, 2.75) is 45.3 Å². The van der Waals surface area contributed by atoms with Crippen molar-refractivity contribution in [2.24, 2.45) is 10.9 Å². The zero-order valence-corrected chi connectivity index (χ0v) is 14.5. The fraction of sp³-hybridized carbons (Fsp3) is 0.611. The molecule has 0 aliphatic heterocycles. The Hall–Kier alpha value is -1.82. The van der Waals surface area contributed by atoms with Gasteiger partial charge in [0.05, 0.1) is 12.6 Å². The lowest BCUT2D eigenvalue weighted by atomic mass is 10.1. The third-order valence-electron chi connectivity index (χ3n) is 4.17. The van der Waals surface area contributed by atoms with Crippen molar-refractivity contribution in [1.82, 2.24) is 10.6 Å². The van der Waals surface area contributed by atoms with E-state index in [0.717, 1.165) is 25.8 Å². The number of rotatable bonds is 7. The minimum atomic E-state index is -0.367. The zero-order chi connectivity index (χ0) is 17.4. The summed E-state index contributed by atoms with van der Waals surface area (Å²) in [4.78, 5) is 4.49. The van der Waals surface area contributed by atoms with E-state index in [9.17, 15) is 9.50 Å². The van der Waals surface area contributed by atoms with Crippen LogP contribution in [0.25, 0.3) is 0 Å². The fourth-order valence-electron chi connectivity index (χ4n) is 2.84. The first-order valence-electron chi connectivity index (χ1n) is 8.71. The molecular formula is C18H28FN3O2. The highest BCUT2D eigenvalue weighted by Crippen LogP contribution is 2.24. The topological polar surface area (TPSA) is 65.9 Å². The Kier molecular flexibility index (Phi) is 7.31. The third-order valence-corrected chi connectivity index (χ3v) is 4.17. The van der Waals surface area contributed by atoms with Crippen LogP contribution in [0.1, 0.15) is 33.1 Å². The van der Waals surface area contributed by atoms with Crippen LogP contribution in [0.3, 0.4) is 0 Å². The number of para-hydroxylation sites is 1. The molecule has 3 atom stereocenters. The molecule has 1 aromatic rings. The Morgan fingerprint density at radius 1 is 1.38 bits per heavy atom. The molecule has 0 bridgehead atoms. The second-order valence-electron chi connectivity index (χ2n) is 6.22. The van der Waals surface area contributed by atoms with Crippen LogP contribution in [-0.4, -0.2) is 42.9 Å². The van der Waals surface area contributed by atoms with E-state index in [1.165, 1.54) is 6.07 Å². The highest BCUT2D eigenvalue weighted by atomic mass is 19.1. The van der Waals surface area contributed by atoms with Gasteiger partial charge in [0.2, 0.25) is 0 Å². The van der Waals surface area contributed by atoms with Crippen molar-refractivity contribution in [3.05, 3.63) is 30.1 Å². The minimum absolute atomic E-state index is 0.219. The van der Waals surface area contributed by atoms with E-state index in [1.807, 2.05) is 13.8 Å². The van der Waals surface area contributed by atoms with Gasteiger partial charge < -0.3 is 20.5 Å². The van der Waals surface area contributed by atoms with E-state index in [0.29, 0.717) is 19.0 Å². The summed E-state index contributed by atoms with van der Waals surface area (Å²) in [5, 5.41) is 16.3. The Morgan fingerprint density at radius 2 is 2.17 bits per heavy atom. The number of nitrogens with zero attached hydrogens (tertiary/aromatic N) is 1. The normalized spacial score (nSPS) is 22.2. The molecule has 24 heavy (non-hydrogen) atoms. The molecule has 0 saturated heterocycles. The van der Waals surface area contributed by atoms with Crippen LogP contribution in [0.4, 0.5) is 4.39 Å². The molecule has 1 fully saturated rings. The summed E-state index contributed by atoms with van der Waals surface area (Å²) in [5.74, 6) is 0.849. The van der Waals surface area contributed by atoms with Gasteiger partial charge in [-0.3, -0.25) is 0 Å². The van der Waals surface area contributed by atoms with Crippen molar-refractivity contribution < 1.29 is 14.2 Å². The molecule has 0 radical (unpaired) electrons. The second kappa shape index (κ2) is 9.47. The quantitative estimate of drug-likeness (QED) is 0.528. The van der Waals surface area contributed by atoms with E-state index in [-0.39, 0.29) is 29.7 Å². The number of guanidine groups is 1. The summed E-state index contributed by atoms with van der Waals surface area (Å²) in [6, 6.07) is 6.37. The summed E-state index contributed by atoms with van der Waals surface area (Å²) in [7, 11) is 0. The highest BCUT2D eigenvalue weighted by molar-refractivity contribution is 5.79. The van der Waals surface area contributed by atoms with Gasteiger partial charge in [-0.05, 0) is 38.8 Å². The van der Waals surface area contributed by atoms with Crippen LogP contribution < -0.4 is 15.4 Å². The molecule has 1 aliphatic rings. The number of benzene rings is 1. The molecule has 0 aromatic heterocycles. The summed E-state index contributed by atoms with van der Waals surface area (Å²) in [6.45, 7) is 5.73. The molecule has 0 heterocycles. The average Bonchev–Trinajstić information content (AvgIpc) is 2.97. The predicted octanol–water partition coefficient (Wildman–Crippen LogP) is 2.31. The molecule has 6 heteroatoms. The standard InChI is InChI=1S/C18H28FN3O2/c1-3-20-18(22-12-14-7-6-9-16(14)23)21-11-13(2)24-17-10-5-4-8-15(17)19/h4-5,8,10,13-14,16,23H,3,6-7,9,11-12H2,1-2H3,(H2,20,21,22). The Morgan fingerprint density at radius 3 is 2.83 bits per heavy atom. The molecular weight excluding hydrogens is 309 g/mol. The molecule has 1 aromatic carbocycles. The van der Waals surface area contributed by atoms with E-state index in [2.05, 4.69) is 15.6 Å². The van der Waals surface area contributed by atoms with Gasteiger partial charge >= 0.3 is 0 Å². The maximum atomic E-state index is 13.6. The SMILES string of the molecule is CCNC(=NCC(C)Oc1ccccc1F)NCC1CCCC1O. The van der Waals surface area contributed by atoms with Crippen LogP contribution in [0, 0.1) is 11.7 Å². The Bertz CT molecular complexity index is 539. The number of aliphatic hydroxyl groups is 1. The molecule has 0 amide bonds. The molecule has 3 N–H and O–H groups in total. The summed E-state index contributed by atoms with van der Waals surface area (Å²) >= 11 is 0. The number of ether oxygens (including phenoxy) is 1. The van der Waals surface area contributed by atoms with Gasteiger partial charge in [-0.25, -0.2) is 9.38 Å². The van der Waals surface area contributed by atoms with E-state index < -0.39 is 0 Å². The zero-order valence-electron chi connectivity index (χ0n) is 14.5. The van der Waals surface area contributed by atoms with Crippen molar-refractivity contribution in [3.8, 4) is 5.75 Å².